The maximum atomic E-state index is 3.64. The summed E-state index contributed by atoms with van der Waals surface area (Å²) in [6, 6.07) is 9.89. The predicted molar refractivity (Wildman–Crippen MR) is 88.1 cm³/mol. The lowest BCUT2D eigenvalue weighted by atomic mass is 9.80. The molecule has 1 aromatic rings. The molecule has 0 saturated heterocycles. The van der Waals surface area contributed by atoms with E-state index in [1.165, 1.54) is 37.7 Å². The van der Waals surface area contributed by atoms with Gasteiger partial charge in [0.2, 0.25) is 0 Å². The Morgan fingerprint density at radius 1 is 1.05 bits per heavy atom. The molecule has 0 aliphatic heterocycles. The van der Waals surface area contributed by atoms with Crippen LogP contribution in [-0.4, -0.2) is 6.54 Å². The van der Waals surface area contributed by atoms with Gasteiger partial charge >= 0.3 is 0 Å². The summed E-state index contributed by atoms with van der Waals surface area (Å²) < 4.78 is 0. The lowest BCUT2D eigenvalue weighted by molar-refractivity contribution is 0.276. The minimum absolute atomic E-state index is 0.252. The molecule has 1 aliphatic rings. The van der Waals surface area contributed by atoms with Gasteiger partial charge in [-0.05, 0) is 41.8 Å². The number of hydrogen-bond acceptors (Lipinski definition) is 1. The third kappa shape index (κ3) is 3.85. The highest BCUT2D eigenvalue weighted by molar-refractivity contribution is 5.28. The summed E-state index contributed by atoms with van der Waals surface area (Å²) in [6.07, 6.45) is 7.02. The molecule has 0 amide bonds. The molecule has 1 aromatic carbocycles. The first-order valence-corrected chi connectivity index (χ1v) is 8.35. The van der Waals surface area contributed by atoms with Crippen molar-refractivity contribution in [2.24, 2.45) is 5.41 Å². The fourth-order valence-corrected chi connectivity index (χ4v) is 3.52. The van der Waals surface area contributed by atoms with Gasteiger partial charge in [0.25, 0.3) is 0 Å². The molecular formula is C19H31N. The highest BCUT2D eigenvalue weighted by Crippen LogP contribution is 2.36. The third-order valence-corrected chi connectivity index (χ3v) is 4.62. The van der Waals surface area contributed by atoms with E-state index in [2.05, 4.69) is 57.3 Å². The van der Waals surface area contributed by atoms with E-state index in [9.17, 15) is 0 Å². The highest BCUT2D eigenvalue weighted by Gasteiger charge is 2.25. The minimum atomic E-state index is 0.252. The largest absolute Gasteiger partial charge is 0.310 e. The van der Waals surface area contributed by atoms with Crippen LogP contribution in [0.2, 0.25) is 0 Å². The monoisotopic (exact) mass is 273 g/mol. The molecule has 0 heterocycles. The Bertz CT molecular complexity index is 393. The molecule has 1 nitrogen and oxygen atoms in total. The van der Waals surface area contributed by atoms with Gasteiger partial charge in [0.05, 0.1) is 0 Å². The van der Waals surface area contributed by atoms with Crippen molar-refractivity contribution in [3.63, 3.8) is 0 Å². The molecular weight excluding hydrogens is 242 g/mol. The van der Waals surface area contributed by atoms with Crippen LogP contribution >= 0.6 is 0 Å². The Hall–Kier alpha value is -0.820. The Kier molecular flexibility index (Phi) is 5.26. The van der Waals surface area contributed by atoms with Crippen LogP contribution in [0, 0.1) is 5.41 Å². The Morgan fingerprint density at radius 2 is 1.65 bits per heavy atom. The summed E-state index contributed by atoms with van der Waals surface area (Å²) in [5.74, 6) is 0.810. The van der Waals surface area contributed by atoms with E-state index in [4.69, 9.17) is 0 Å². The molecule has 0 spiro atoms. The van der Waals surface area contributed by atoms with Crippen LogP contribution in [0.25, 0.3) is 0 Å². The van der Waals surface area contributed by atoms with Crippen molar-refractivity contribution in [3.8, 4) is 0 Å². The van der Waals surface area contributed by atoms with Gasteiger partial charge < -0.3 is 5.32 Å². The van der Waals surface area contributed by atoms with Crippen molar-refractivity contribution >= 4 is 0 Å². The molecule has 0 bridgehead atoms. The first kappa shape index (κ1) is 15.6. The predicted octanol–water partition coefficient (Wildman–Crippen LogP) is 5.43. The summed E-state index contributed by atoms with van der Waals surface area (Å²) in [5, 5.41) is 3.64. The SMILES string of the molecule is CCNC(c1ccc(C2CCCCC2)cc1)C(C)(C)C. The van der Waals surface area contributed by atoms with Crippen LogP contribution in [-0.2, 0) is 0 Å². The van der Waals surface area contributed by atoms with Crippen molar-refractivity contribution in [3.05, 3.63) is 35.4 Å². The van der Waals surface area contributed by atoms with Crippen LogP contribution in [0.3, 0.4) is 0 Å². The second-order valence-electron chi connectivity index (χ2n) is 7.36. The van der Waals surface area contributed by atoms with Gasteiger partial charge in [-0.15, -0.1) is 0 Å². The van der Waals surface area contributed by atoms with E-state index in [1.807, 2.05) is 0 Å². The summed E-state index contributed by atoms with van der Waals surface area (Å²) >= 11 is 0. The second-order valence-corrected chi connectivity index (χ2v) is 7.36. The molecule has 1 N–H and O–H groups in total. The Balaban J connectivity index is 2.13. The first-order chi connectivity index (χ1) is 9.52. The maximum Gasteiger partial charge on any atom is 0.0369 e. The lowest BCUT2D eigenvalue weighted by Gasteiger charge is -2.32. The van der Waals surface area contributed by atoms with E-state index in [0.717, 1.165) is 12.5 Å². The quantitative estimate of drug-likeness (QED) is 0.771. The van der Waals surface area contributed by atoms with Gasteiger partial charge in [-0.1, -0.05) is 71.2 Å². The number of hydrogen-bond donors (Lipinski definition) is 1. The fourth-order valence-electron chi connectivity index (χ4n) is 3.52. The van der Waals surface area contributed by atoms with Crippen LogP contribution in [0.1, 0.15) is 82.9 Å². The van der Waals surface area contributed by atoms with Crippen LogP contribution in [0.4, 0.5) is 0 Å². The van der Waals surface area contributed by atoms with Crippen molar-refractivity contribution in [1.29, 1.82) is 0 Å². The van der Waals surface area contributed by atoms with E-state index >= 15 is 0 Å². The van der Waals surface area contributed by atoms with Gasteiger partial charge in [0.1, 0.15) is 0 Å². The number of benzene rings is 1. The van der Waals surface area contributed by atoms with Crippen molar-refractivity contribution in [2.75, 3.05) is 6.54 Å². The average Bonchev–Trinajstić information content (AvgIpc) is 2.45. The summed E-state index contributed by atoms with van der Waals surface area (Å²) in [6.45, 7) is 10.2. The van der Waals surface area contributed by atoms with Gasteiger partial charge in [0.15, 0.2) is 0 Å². The molecule has 1 fully saturated rings. The zero-order chi connectivity index (χ0) is 14.6. The molecule has 1 atom stereocenters. The van der Waals surface area contributed by atoms with Crippen LogP contribution in [0.15, 0.2) is 24.3 Å². The smallest absolute Gasteiger partial charge is 0.0369 e. The second kappa shape index (κ2) is 6.76. The molecule has 1 heteroatoms. The van der Waals surface area contributed by atoms with Crippen molar-refractivity contribution in [1.82, 2.24) is 5.32 Å². The van der Waals surface area contributed by atoms with Gasteiger partial charge in [-0.25, -0.2) is 0 Å². The zero-order valence-electron chi connectivity index (χ0n) is 13.7. The number of nitrogens with one attached hydrogen (secondary N) is 1. The molecule has 20 heavy (non-hydrogen) atoms. The average molecular weight is 273 g/mol. The summed E-state index contributed by atoms with van der Waals surface area (Å²) in [5.41, 5.74) is 3.24. The molecule has 0 radical (unpaired) electrons. The van der Waals surface area contributed by atoms with Gasteiger partial charge in [-0.2, -0.15) is 0 Å². The van der Waals surface area contributed by atoms with Crippen molar-refractivity contribution in [2.45, 2.75) is 71.8 Å². The van der Waals surface area contributed by atoms with E-state index in [-0.39, 0.29) is 5.41 Å². The van der Waals surface area contributed by atoms with E-state index in [0.29, 0.717) is 6.04 Å². The van der Waals surface area contributed by atoms with Gasteiger partial charge in [0, 0.05) is 6.04 Å². The normalized spacial score (nSPS) is 19.0. The fraction of sp³-hybridized carbons (Fsp3) is 0.684. The summed E-state index contributed by atoms with van der Waals surface area (Å²) in [4.78, 5) is 0. The summed E-state index contributed by atoms with van der Waals surface area (Å²) in [7, 11) is 0. The highest BCUT2D eigenvalue weighted by atomic mass is 14.9. The lowest BCUT2D eigenvalue weighted by Crippen LogP contribution is -2.32. The molecule has 112 valence electrons. The molecule has 1 aliphatic carbocycles. The topological polar surface area (TPSA) is 12.0 Å². The molecule has 2 rings (SSSR count). The van der Waals surface area contributed by atoms with Gasteiger partial charge in [-0.3, -0.25) is 0 Å². The van der Waals surface area contributed by atoms with E-state index < -0.39 is 0 Å². The molecule has 1 saturated carbocycles. The van der Waals surface area contributed by atoms with Crippen molar-refractivity contribution < 1.29 is 0 Å². The minimum Gasteiger partial charge on any atom is -0.310 e. The standard InChI is InChI=1S/C19H31N/c1-5-20-18(19(2,3)4)17-13-11-16(12-14-17)15-9-7-6-8-10-15/h11-15,18,20H,5-10H2,1-4H3. The molecule has 1 unspecified atom stereocenters. The Labute approximate surface area is 125 Å². The molecule has 0 aromatic heterocycles. The van der Waals surface area contributed by atoms with Crippen LogP contribution < -0.4 is 5.32 Å². The maximum absolute atomic E-state index is 3.64. The third-order valence-electron chi connectivity index (χ3n) is 4.62. The Morgan fingerprint density at radius 3 is 2.15 bits per heavy atom. The zero-order valence-corrected chi connectivity index (χ0v) is 13.7. The van der Waals surface area contributed by atoms with Crippen LogP contribution in [0.5, 0.6) is 0 Å². The van der Waals surface area contributed by atoms with E-state index in [1.54, 1.807) is 5.56 Å². The number of rotatable bonds is 4. The first-order valence-electron chi connectivity index (χ1n) is 8.35.